The van der Waals surface area contributed by atoms with Crippen LogP contribution in [0, 0.1) is 5.82 Å². The summed E-state index contributed by atoms with van der Waals surface area (Å²) in [5.74, 6) is -1.60. The molecule has 0 radical (unpaired) electrons. The monoisotopic (exact) mass is 508 g/mol. The molecule has 1 unspecified atom stereocenters. The molecule has 1 atom stereocenters. The van der Waals surface area contributed by atoms with Gasteiger partial charge in [0.25, 0.3) is 5.91 Å². The third-order valence-corrected chi connectivity index (χ3v) is 6.57. The molecule has 9 nitrogen and oxygen atoms in total. The standard InChI is InChI=1S/C28H21FN6O3/c1-35(16-7-3-2-4-8-16)28(37)38-21-12-11-15(13-19(21)29)24-18-14-31-27-23(18)22(25(26(30)36)33-34-27)17-9-5-6-10-20(17)32-24/h2-14,24,32H,1H3,(H2,30,36)(H,31,34). The molecule has 2 aromatic heterocycles. The van der Waals surface area contributed by atoms with Gasteiger partial charge in [-0.25, -0.2) is 9.18 Å². The van der Waals surface area contributed by atoms with Gasteiger partial charge in [0.1, 0.15) is 0 Å². The second-order valence-corrected chi connectivity index (χ2v) is 8.83. The molecule has 38 heavy (non-hydrogen) atoms. The lowest BCUT2D eigenvalue weighted by Crippen LogP contribution is -2.29. The smallest absolute Gasteiger partial charge is 0.407 e. The van der Waals surface area contributed by atoms with Crippen LogP contribution in [0.4, 0.5) is 20.6 Å². The van der Waals surface area contributed by atoms with Crippen molar-refractivity contribution in [2.75, 3.05) is 17.3 Å². The second kappa shape index (κ2) is 9.00. The Hall–Kier alpha value is -5.25. The number of nitrogens with one attached hydrogen (secondary N) is 2. The van der Waals surface area contributed by atoms with E-state index in [1.54, 1.807) is 43.6 Å². The fourth-order valence-electron chi connectivity index (χ4n) is 4.72. The van der Waals surface area contributed by atoms with E-state index in [1.807, 2.05) is 30.3 Å². The number of hydrogen-bond donors (Lipinski definition) is 3. The molecular formula is C28H21FN6O3. The molecule has 3 aromatic carbocycles. The second-order valence-electron chi connectivity index (χ2n) is 8.83. The third kappa shape index (κ3) is 3.79. The molecule has 1 aliphatic heterocycles. The number of fused-ring (bicyclic) bond motifs is 2. The number of amides is 2. The molecule has 10 heteroatoms. The van der Waals surface area contributed by atoms with Crippen LogP contribution in [0.2, 0.25) is 0 Å². The van der Waals surface area contributed by atoms with Crippen LogP contribution in [0.25, 0.3) is 22.2 Å². The molecule has 0 fully saturated rings. The minimum atomic E-state index is -0.719. The number of nitrogens with two attached hydrogens (primary N) is 1. The average Bonchev–Trinajstić information content (AvgIpc) is 3.30. The van der Waals surface area contributed by atoms with Crippen LogP contribution < -0.4 is 20.7 Å². The summed E-state index contributed by atoms with van der Waals surface area (Å²) in [5, 5.41) is 12.3. The van der Waals surface area contributed by atoms with Crippen molar-refractivity contribution < 1.29 is 18.7 Å². The van der Waals surface area contributed by atoms with Gasteiger partial charge in [0.15, 0.2) is 22.9 Å². The zero-order valence-corrected chi connectivity index (χ0v) is 20.1. The fourth-order valence-corrected chi connectivity index (χ4v) is 4.72. The molecule has 0 saturated heterocycles. The number of carbonyl (C=O) groups excluding carboxylic acids is 2. The number of primary amides is 1. The Kier molecular flexibility index (Phi) is 5.49. The highest BCUT2D eigenvalue weighted by atomic mass is 19.1. The summed E-state index contributed by atoms with van der Waals surface area (Å²) in [5.41, 5.74) is 10.1. The Balaban J connectivity index is 1.40. The maximum atomic E-state index is 15.3. The van der Waals surface area contributed by atoms with Gasteiger partial charge in [-0.1, -0.05) is 42.5 Å². The van der Waals surface area contributed by atoms with Crippen molar-refractivity contribution in [3.8, 4) is 16.9 Å². The predicted molar refractivity (Wildman–Crippen MR) is 141 cm³/mol. The van der Waals surface area contributed by atoms with Gasteiger partial charge in [-0.3, -0.25) is 9.69 Å². The van der Waals surface area contributed by atoms with Crippen molar-refractivity contribution in [1.29, 1.82) is 0 Å². The summed E-state index contributed by atoms with van der Waals surface area (Å²) in [6.07, 6.45) is 1.03. The number of H-pyrrole nitrogens is 1. The Morgan fingerprint density at radius 3 is 2.55 bits per heavy atom. The number of rotatable bonds is 4. The van der Waals surface area contributed by atoms with Crippen LogP contribution in [0.15, 0.2) is 79.0 Å². The first-order valence-corrected chi connectivity index (χ1v) is 11.8. The lowest BCUT2D eigenvalue weighted by atomic mass is 9.95. The van der Waals surface area contributed by atoms with Crippen molar-refractivity contribution in [1.82, 2.24) is 15.2 Å². The van der Waals surface area contributed by atoms with E-state index in [2.05, 4.69) is 20.5 Å². The number of hydrogen-bond acceptors (Lipinski definition) is 6. The van der Waals surface area contributed by atoms with Crippen molar-refractivity contribution in [2.45, 2.75) is 6.04 Å². The first-order chi connectivity index (χ1) is 18.4. The molecule has 1 aliphatic rings. The van der Waals surface area contributed by atoms with E-state index in [1.165, 1.54) is 17.0 Å². The number of halogens is 1. The van der Waals surface area contributed by atoms with E-state index in [0.29, 0.717) is 33.5 Å². The van der Waals surface area contributed by atoms with Gasteiger partial charge in [0.2, 0.25) is 0 Å². The largest absolute Gasteiger partial charge is 0.419 e. The first kappa shape index (κ1) is 23.2. The number of carbonyl (C=O) groups is 2. The van der Waals surface area contributed by atoms with E-state index in [9.17, 15) is 9.59 Å². The maximum Gasteiger partial charge on any atom is 0.419 e. The highest BCUT2D eigenvalue weighted by molar-refractivity contribution is 6.10. The number of aromatic nitrogens is 3. The highest BCUT2D eigenvalue weighted by Gasteiger charge is 2.30. The molecular weight excluding hydrogens is 487 g/mol. The first-order valence-electron chi connectivity index (χ1n) is 11.8. The van der Waals surface area contributed by atoms with Gasteiger partial charge in [0.05, 0.1) is 6.04 Å². The summed E-state index contributed by atoms with van der Waals surface area (Å²) in [4.78, 5) is 29.3. The lowest BCUT2D eigenvalue weighted by molar-refractivity contribution is 0.0995. The number of para-hydroxylation sites is 2. The van der Waals surface area contributed by atoms with E-state index < -0.39 is 23.9 Å². The normalized spacial score (nSPS) is 13.8. The molecule has 5 aromatic rings. The zero-order valence-electron chi connectivity index (χ0n) is 20.1. The van der Waals surface area contributed by atoms with Gasteiger partial charge < -0.3 is 20.8 Å². The van der Waals surface area contributed by atoms with Crippen LogP contribution in [0.5, 0.6) is 5.75 Å². The summed E-state index contributed by atoms with van der Waals surface area (Å²) < 4.78 is 20.6. The predicted octanol–water partition coefficient (Wildman–Crippen LogP) is 5.01. The van der Waals surface area contributed by atoms with Gasteiger partial charge >= 0.3 is 6.09 Å². The number of anilines is 2. The third-order valence-electron chi connectivity index (χ3n) is 6.57. The number of benzene rings is 3. The van der Waals surface area contributed by atoms with Crippen molar-refractivity contribution in [3.63, 3.8) is 0 Å². The summed E-state index contributed by atoms with van der Waals surface area (Å²) in [6, 6.07) is 20.2. The summed E-state index contributed by atoms with van der Waals surface area (Å²) >= 11 is 0. The molecule has 0 aliphatic carbocycles. The molecule has 6 rings (SSSR count). The van der Waals surface area contributed by atoms with Gasteiger partial charge in [-0.05, 0) is 35.9 Å². The zero-order chi connectivity index (χ0) is 26.4. The van der Waals surface area contributed by atoms with E-state index in [4.69, 9.17) is 10.5 Å². The van der Waals surface area contributed by atoms with Gasteiger partial charge in [-0.15, -0.1) is 10.2 Å². The van der Waals surface area contributed by atoms with Crippen LogP contribution in [-0.4, -0.2) is 34.2 Å². The van der Waals surface area contributed by atoms with Crippen molar-refractivity contribution >= 4 is 34.4 Å². The van der Waals surface area contributed by atoms with Crippen LogP contribution in [-0.2, 0) is 0 Å². The Morgan fingerprint density at radius 2 is 1.79 bits per heavy atom. The minimum Gasteiger partial charge on any atom is -0.407 e. The molecule has 3 heterocycles. The van der Waals surface area contributed by atoms with Gasteiger partial charge in [-0.2, -0.15) is 0 Å². The molecule has 0 bridgehead atoms. The molecule has 0 spiro atoms. The van der Waals surface area contributed by atoms with Crippen LogP contribution in [0.1, 0.15) is 27.7 Å². The summed E-state index contributed by atoms with van der Waals surface area (Å²) in [6.45, 7) is 0. The average molecular weight is 509 g/mol. The Labute approximate surface area is 216 Å². The van der Waals surface area contributed by atoms with E-state index in [-0.39, 0.29) is 11.4 Å². The molecule has 4 N–H and O–H groups in total. The number of nitrogens with zero attached hydrogens (tertiary/aromatic N) is 3. The van der Waals surface area contributed by atoms with Crippen LogP contribution in [0.3, 0.4) is 0 Å². The fraction of sp³-hybridized carbons (Fsp3) is 0.0714. The topological polar surface area (TPSA) is 126 Å². The molecule has 0 saturated carbocycles. The highest BCUT2D eigenvalue weighted by Crippen LogP contribution is 2.44. The quantitative estimate of drug-likeness (QED) is 0.313. The Bertz CT molecular complexity index is 1720. The van der Waals surface area contributed by atoms with Crippen molar-refractivity contribution in [3.05, 3.63) is 102 Å². The minimum absolute atomic E-state index is 0.0456. The van der Waals surface area contributed by atoms with Crippen LogP contribution >= 0.6 is 0 Å². The lowest BCUT2D eigenvalue weighted by Gasteiger charge is -2.21. The SMILES string of the molecule is CN(C(=O)Oc1ccc(C2Nc3ccccc3-c3c(C(N)=O)nnc4[nH]cc2c34)cc1F)c1ccccc1. The van der Waals surface area contributed by atoms with E-state index >= 15 is 4.39 Å². The molecule has 2 amide bonds. The van der Waals surface area contributed by atoms with E-state index in [0.717, 1.165) is 11.1 Å². The number of ether oxygens (including phenoxy) is 1. The van der Waals surface area contributed by atoms with Crippen molar-refractivity contribution in [2.24, 2.45) is 5.73 Å². The van der Waals surface area contributed by atoms with Gasteiger partial charge in [0, 0.05) is 46.7 Å². The number of aromatic amines is 1. The Morgan fingerprint density at radius 1 is 1.03 bits per heavy atom. The maximum absolute atomic E-state index is 15.3. The molecule has 188 valence electrons. The summed E-state index contributed by atoms with van der Waals surface area (Å²) in [7, 11) is 1.55.